The van der Waals surface area contributed by atoms with Crippen LogP contribution < -0.4 is 0 Å². The molecule has 3 heteroatoms. The average Bonchev–Trinajstić information content (AvgIpc) is 2.74. The molecule has 0 radical (unpaired) electrons. The minimum absolute atomic E-state index is 0.203. The lowest BCUT2D eigenvalue weighted by atomic mass is 10.0. The first-order chi connectivity index (χ1) is 7.27. The molecule has 82 valence electrons. The van der Waals surface area contributed by atoms with E-state index in [-0.39, 0.29) is 5.78 Å². The highest BCUT2D eigenvalue weighted by Crippen LogP contribution is 2.16. The average molecular weight is 206 g/mol. The Balaban J connectivity index is 1.93. The van der Waals surface area contributed by atoms with Gasteiger partial charge in [-0.1, -0.05) is 6.42 Å². The van der Waals surface area contributed by atoms with Gasteiger partial charge < -0.3 is 4.98 Å². The number of Topliss-reactive ketones (excluding diaryl/α,β-unsaturated/α-hetero) is 1. The number of hydrogen-bond donors (Lipinski definition) is 1. The SMILES string of the molecule is CC1CCCCN1CC(=O)c1ccc[nH]1. The van der Waals surface area contributed by atoms with Crippen LogP contribution in [0.15, 0.2) is 18.3 Å². The van der Waals surface area contributed by atoms with Crippen molar-refractivity contribution in [3.63, 3.8) is 0 Å². The normalized spacial score (nSPS) is 22.9. The van der Waals surface area contributed by atoms with Crippen molar-refractivity contribution in [2.24, 2.45) is 0 Å². The molecule has 1 fully saturated rings. The summed E-state index contributed by atoms with van der Waals surface area (Å²) in [6.45, 7) is 3.83. The molecule has 3 nitrogen and oxygen atoms in total. The number of piperidine rings is 1. The molecule has 1 aliphatic heterocycles. The molecule has 2 heterocycles. The maximum absolute atomic E-state index is 11.8. The molecule has 0 saturated carbocycles. The van der Waals surface area contributed by atoms with E-state index in [9.17, 15) is 4.79 Å². The van der Waals surface area contributed by atoms with E-state index < -0.39 is 0 Å². The van der Waals surface area contributed by atoms with Crippen LogP contribution >= 0.6 is 0 Å². The molecular weight excluding hydrogens is 188 g/mol. The predicted octanol–water partition coefficient (Wildman–Crippen LogP) is 2.07. The number of aromatic nitrogens is 1. The fourth-order valence-electron chi connectivity index (χ4n) is 2.17. The molecule has 0 spiro atoms. The van der Waals surface area contributed by atoms with Crippen molar-refractivity contribution < 1.29 is 4.79 Å². The Morgan fingerprint density at radius 2 is 2.47 bits per heavy atom. The number of nitrogens with zero attached hydrogens (tertiary/aromatic N) is 1. The molecule has 2 rings (SSSR count). The van der Waals surface area contributed by atoms with E-state index in [0.29, 0.717) is 12.6 Å². The first kappa shape index (κ1) is 10.4. The standard InChI is InChI=1S/C12H18N2O/c1-10-5-2-3-8-14(10)9-12(15)11-6-4-7-13-11/h4,6-7,10,13H,2-3,5,8-9H2,1H3. The summed E-state index contributed by atoms with van der Waals surface area (Å²) in [4.78, 5) is 17.1. The van der Waals surface area contributed by atoms with Crippen LogP contribution in [-0.4, -0.2) is 34.8 Å². The van der Waals surface area contributed by atoms with Crippen LogP contribution in [0.1, 0.15) is 36.7 Å². The van der Waals surface area contributed by atoms with Gasteiger partial charge in [0.15, 0.2) is 5.78 Å². The zero-order valence-electron chi connectivity index (χ0n) is 9.20. The highest BCUT2D eigenvalue weighted by atomic mass is 16.1. The fourth-order valence-corrected chi connectivity index (χ4v) is 2.17. The van der Waals surface area contributed by atoms with Gasteiger partial charge in [0, 0.05) is 12.2 Å². The zero-order chi connectivity index (χ0) is 10.7. The molecule has 1 saturated heterocycles. The van der Waals surface area contributed by atoms with Crippen LogP contribution in [0.3, 0.4) is 0 Å². The second kappa shape index (κ2) is 4.62. The third-order valence-corrected chi connectivity index (χ3v) is 3.19. The summed E-state index contributed by atoms with van der Waals surface area (Å²) in [5, 5.41) is 0. The topological polar surface area (TPSA) is 36.1 Å². The van der Waals surface area contributed by atoms with Crippen LogP contribution in [0, 0.1) is 0 Å². The van der Waals surface area contributed by atoms with E-state index in [1.54, 1.807) is 6.20 Å². The Morgan fingerprint density at radius 1 is 1.60 bits per heavy atom. The Bertz CT molecular complexity index is 318. The molecular formula is C12H18N2O. The number of ketones is 1. The quantitative estimate of drug-likeness (QED) is 0.768. The van der Waals surface area contributed by atoms with E-state index in [2.05, 4.69) is 16.8 Å². The molecule has 1 aliphatic rings. The minimum Gasteiger partial charge on any atom is -0.359 e. The number of nitrogens with one attached hydrogen (secondary N) is 1. The van der Waals surface area contributed by atoms with Crippen molar-refractivity contribution in [1.82, 2.24) is 9.88 Å². The molecule has 1 N–H and O–H groups in total. The maximum Gasteiger partial charge on any atom is 0.192 e. The minimum atomic E-state index is 0.203. The lowest BCUT2D eigenvalue weighted by Gasteiger charge is -2.32. The molecule has 0 aromatic carbocycles. The van der Waals surface area contributed by atoms with Gasteiger partial charge in [-0.05, 0) is 38.4 Å². The van der Waals surface area contributed by atoms with Crippen molar-refractivity contribution in [3.8, 4) is 0 Å². The summed E-state index contributed by atoms with van der Waals surface area (Å²) >= 11 is 0. The summed E-state index contributed by atoms with van der Waals surface area (Å²) < 4.78 is 0. The van der Waals surface area contributed by atoms with Gasteiger partial charge in [0.2, 0.25) is 0 Å². The third-order valence-electron chi connectivity index (χ3n) is 3.19. The maximum atomic E-state index is 11.8. The first-order valence-electron chi connectivity index (χ1n) is 5.68. The molecule has 0 aliphatic carbocycles. The lowest BCUT2D eigenvalue weighted by molar-refractivity contribution is 0.0856. The van der Waals surface area contributed by atoms with Crippen LogP contribution in [0.5, 0.6) is 0 Å². The number of carbonyl (C=O) groups is 1. The number of hydrogen-bond acceptors (Lipinski definition) is 2. The van der Waals surface area contributed by atoms with Crippen molar-refractivity contribution in [3.05, 3.63) is 24.0 Å². The van der Waals surface area contributed by atoms with E-state index in [1.165, 1.54) is 19.3 Å². The Morgan fingerprint density at radius 3 is 3.13 bits per heavy atom. The number of H-pyrrole nitrogens is 1. The van der Waals surface area contributed by atoms with Gasteiger partial charge in [-0.3, -0.25) is 9.69 Å². The molecule has 1 aromatic heterocycles. The first-order valence-corrected chi connectivity index (χ1v) is 5.68. The summed E-state index contributed by atoms with van der Waals surface area (Å²) in [7, 11) is 0. The number of rotatable bonds is 3. The van der Waals surface area contributed by atoms with Gasteiger partial charge in [0.1, 0.15) is 0 Å². The Kier molecular flexibility index (Phi) is 3.21. The zero-order valence-corrected chi connectivity index (χ0v) is 9.20. The third kappa shape index (κ3) is 2.48. The van der Waals surface area contributed by atoms with Gasteiger partial charge in [0.25, 0.3) is 0 Å². The number of aromatic amines is 1. The molecule has 1 aromatic rings. The monoisotopic (exact) mass is 206 g/mol. The smallest absolute Gasteiger partial charge is 0.192 e. The molecule has 0 amide bonds. The highest BCUT2D eigenvalue weighted by molar-refractivity contribution is 5.95. The van der Waals surface area contributed by atoms with Crippen LogP contribution in [0.2, 0.25) is 0 Å². The summed E-state index contributed by atoms with van der Waals surface area (Å²) in [5.41, 5.74) is 0.729. The second-order valence-corrected chi connectivity index (χ2v) is 4.32. The van der Waals surface area contributed by atoms with E-state index >= 15 is 0 Å². The fraction of sp³-hybridized carbons (Fsp3) is 0.583. The summed E-state index contributed by atoms with van der Waals surface area (Å²) in [5.74, 6) is 0.203. The van der Waals surface area contributed by atoms with E-state index in [4.69, 9.17) is 0 Å². The summed E-state index contributed by atoms with van der Waals surface area (Å²) in [6.07, 6.45) is 5.54. The van der Waals surface area contributed by atoms with Crippen molar-refractivity contribution in [2.45, 2.75) is 32.2 Å². The van der Waals surface area contributed by atoms with Gasteiger partial charge in [0.05, 0.1) is 12.2 Å². The highest BCUT2D eigenvalue weighted by Gasteiger charge is 2.21. The van der Waals surface area contributed by atoms with E-state index in [0.717, 1.165) is 12.2 Å². The van der Waals surface area contributed by atoms with E-state index in [1.807, 2.05) is 12.1 Å². The van der Waals surface area contributed by atoms with Gasteiger partial charge in [-0.25, -0.2) is 0 Å². The van der Waals surface area contributed by atoms with Gasteiger partial charge in [-0.2, -0.15) is 0 Å². The molecule has 0 bridgehead atoms. The summed E-state index contributed by atoms with van der Waals surface area (Å²) in [6, 6.07) is 4.27. The Labute approximate surface area is 90.5 Å². The second-order valence-electron chi connectivity index (χ2n) is 4.32. The van der Waals surface area contributed by atoms with Crippen molar-refractivity contribution in [2.75, 3.05) is 13.1 Å². The Hall–Kier alpha value is -1.09. The predicted molar refractivity (Wildman–Crippen MR) is 60.0 cm³/mol. The van der Waals surface area contributed by atoms with Crippen LogP contribution in [0.4, 0.5) is 0 Å². The molecule has 1 atom stereocenters. The molecule has 15 heavy (non-hydrogen) atoms. The van der Waals surface area contributed by atoms with Crippen LogP contribution in [-0.2, 0) is 0 Å². The van der Waals surface area contributed by atoms with Crippen molar-refractivity contribution >= 4 is 5.78 Å². The number of likely N-dealkylation sites (tertiary alicyclic amines) is 1. The largest absolute Gasteiger partial charge is 0.359 e. The number of carbonyl (C=O) groups excluding carboxylic acids is 1. The van der Waals surface area contributed by atoms with Gasteiger partial charge in [-0.15, -0.1) is 0 Å². The van der Waals surface area contributed by atoms with Gasteiger partial charge >= 0.3 is 0 Å². The molecule has 1 unspecified atom stereocenters. The van der Waals surface area contributed by atoms with Crippen molar-refractivity contribution in [1.29, 1.82) is 0 Å². The lowest BCUT2D eigenvalue weighted by Crippen LogP contribution is -2.40. The van der Waals surface area contributed by atoms with Crippen LogP contribution in [0.25, 0.3) is 0 Å².